The number of anilines is 1. The molecule has 138 valence electrons. The number of carbonyl (C=O) groups excluding carboxylic acids is 1. The van der Waals surface area contributed by atoms with E-state index in [1.54, 1.807) is 6.20 Å². The van der Waals surface area contributed by atoms with Crippen LogP contribution >= 0.6 is 0 Å². The Hall–Kier alpha value is -2.89. The zero-order valence-electron chi connectivity index (χ0n) is 15.3. The van der Waals surface area contributed by atoms with Gasteiger partial charge in [0.15, 0.2) is 0 Å². The number of carbonyl (C=O) groups is 1. The van der Waals surface area contributed by atoms with Crippen molar-refractivity contribution in [1.29, 1.82) is 0 Å². The number of hydrogen-bond donors (Lipinski definition) is 0. The Morgan fingerprint density at radius 3 is 2.59 bits per heavy atom. The maximum absolute atomic E-state index is 13.0. The van der Waals surface area contributed by atoms with Crippen molar-refractivity contribution in [2.45, 2.75) is 13.3 Å². The van der Waals surface area contributed by atoms with Gasteiger partial charge in [-0.25, -0.2) is 4.98 Å². The summed E-state index contributed by atoms with van der Waals surface area (Å²) in [5.74, 6) is 1.13. The molecule has 2 aliphatic rings. The normalized spacial score (nSPS) is 21.8. The summed E-state index contributed by atoms with van der Waals surface area (Å²) >= 11 is 0. The molecule has 2 unspecified atom stereocenters. The van der Waals surface area contributed by atoms with Gasteiger partial charge in [0.05, 0.1) is 16.6 Å². The second kappa shape index (κ2) is 6.37. The molecule has 3 aromatic rings. The minimum absolute atomic E-state index is 0.0633. The minimum atomic E-state index is 0.0633. The highest BCUT2D eigenvalue weighted by molar-refractivity contribution is 5.97. The molecule has 2 saturated heterocycles. The van der Waals surface area contributed by atoms with Gasteiger partial charge >= 0.3 is 0 Å². The summed E-state index contributed by atoms with van der Waals surface area (Å²) in [6, 6.07) is 12.4. The fourth-order valence-electron chi connectivity index (χ4n) is 4.44. The fraction of sp³-hybridized carbons (Fsp3) is 0.381. The monoisotopic (exact) mass is 362 g/mol. The number of fused-ring (bicyclic) bond motifs is 2. The van der Waals surface area contributed by atoms with Gasteiger partial charge in [-0.05, 0) is 24.6 Å². The number of likely N-dealkylation sites (tertiary alicyclic amines) is 1. The van der Waals surface area contributed by atoms with Crippen molar-refractivity contribution in [2.24, 2.45) is 11.8 Å². The first-order valence-electron chi connectivity index (χ1n) is 9.56. The van der Waals surface area contributed by atoms with Gasteiger partial charge in [-0.1, -0.05) is 30.3 Å². The standard InChI is InChI=1S/C21H22N4O2/c1-2-19-18-8-14(9-22-20(18)27-23-19)21(26)25-12-15-10-24(11-16(15)13-25)17-6-4-3-5-7-17/h3-9,15-16H,2,10-13H2,1H3. The van der Waals surface area contributed by atoms with Gasteiger partial charge in [-0.3, -0.25) is 4.79 Å². The summed E-state index contributed by atoms with van der Waals surface area (Å²) < 4.78 is 5.22. The summed E-state index contributed by atoms with van der Waals surface area (Å²) in [5, 5.41) is 4.87. The lowest BCUT2D eigenvalue weighted by Gasteiger charge is -2.23. The Labute approximate surface area is 157 Å². The zero-order chi connectivity index (χ0) is 18.4. The average Bonchev–Trinajstić information content (AvgIpc) is 3.40. The number of hydrogen-bond acceptors (Lipinski definition) is 5. The lowest BCUT2D eigenvalue weighted by molar-refractivity contribution is 0.0782. The number of aryl methyl sites for hydroxylation is 1. The molecule has 2 aliphatic heterocycles. The first-order valence-corrected chi connectivity index (χ1v) is 9.56. The highest BCUT2D eigenvalue weighted by atomic mass is 16.5. The van der Waals surface area contributed by atoms with Crippen molar-refractivity contribution in [2.75, 3.05) is 31.1 Å². The van der Waals surface area contributed by atoms with E-state index in [1.807, 2.05) is 24.0 Å². The highest BCUT2D eigenvalue weighted by Gasteiger charge is 2.41. The molecule has 2 aromatic heterocycles. The molecule has 1 amide bonds. The maximum Gasteiger partial charge on any atom is 0.257 e. The van der Waals surface area contributed by atoms with Crippen LogP contribution < -0.4 is 4.90 Å². The highest BCUT2D eigenvalue weighted by Crippen LogP contribution is 2.34. The van der Waals surface area contributed by atoms with E-state index in [-0.39, 0.29) is 5.91 Å². The van der Waals surface area contributed by atoms with Crippen LogP contribution in [0.25, 0.3) is 11.1 Å². The van der Waals surface area contributed by atoms with E-state index < -0.39 is 0 Å². The van der Waals surface area contributed by atoms with Crippen LogP contribution in [0.4, 0.5) is 5.69 Å². The molecule has 0 bridgehead atoms. The van der Waals surface area contributed by atoms with E-state index >= 15 is 0 Å². The Balaban J connectivity index is 1.31. The van der Waals surface area contributed by atoms with E-state index in [9.17, 15) is 4.79 Å². The Kier molecular flexibility index (Phi) is 3.85. The smallest absolute Gasteiger partial charge is 0.257 e. The predicted octanol–water partition coefficient (Wildman–Crippen LogP) is 2.99. The van der Waals surface area contributed by atoms with Crippen molar-refractivity contribution < 1.29 is 9.32 Å². The van der Waals surface area contributed by atoms with Crippen LogP contribution in [-0.2, 0) is 6.42 Å². The molecular weight excluding hydrogens is 340 g/mol. The molecular formula is C21H22N4O2. The largest absolute Gasteiger partial charge is 0.371 e. The molecule has 27 heavy (non-hydrogen) atoms. The third kappa shape index (κ3) is 2.76. The number of pyridine rings is 1. The van der Waals surface area contributed by atoms with E-state index in [2.05, 4.69) is 39.3 Å². The number of aromatic nitrogens is 2. The van der Waals surface area contributed by atoms with Crippen LogP contribution in [0.2, 0.25) is 0 Å². The number of amides is 1. The van der Waals surface area contributed by atoms with Gasteiger partial charge in [-0.15, -0.1) is 0 Å². The van der Waals surface area contributed by atoms with Gasteiger partial charge in [0.25, 0.3) is 11.6 Å². The van der Waals surface area contributed by atoms with E-state index in [4.69, 9.17) is 4.52 Å². The Bertz CT molecular complexity index is 970. The topological polar surface area (TPSA) is 62.5 Å². The van der Waals surface area contributed by atoms with Crippen molar-refractivity contribution >= 4 is 22.7 Å². The summed E-state index contributed by atoms with van der Waals surface area (Å²) in [7, 11) is 0. The molecule has 1 aromatic carbocycles. The van der Waals surface area contributed by atoms with Gasteiger partial charge in [0.2, 0.25) is 0 Å². The van der Waals surface area contributed by atoms with Crippen molar-refractivity contribution in [1.82, 2.24) is 15.0 Å². The lowest BCUT2D eigenvalue weighted by Crippen LogP contribution is -2.33. The summed E-state index contributed by atoms with van der Waals surface area (Å²) in [6.07, 6.45) is 2.37. The molecule has 0 radical (unpaired) electrons. The quantitative estimate of drug-likeness (QED) is 0.717. The first-order chi connectivity index (χ1) is 13.2. The van der Waals surface area contributed by atoms with E-state index in [1.165, 1.54) is 5.69 Å². The summed E-state index contributed by atoms with van der Waals surface area (Å²) in [6.45, 7) is 5.68. The van der Waals surface area contributed by atoms with E-state index in [0.29, 0.717) is 23.1 Å². The predicted molar refractivity (Wildman–Crippen MR) is 103 cm³/mol. The van der Waals surface area contributed by atoms with Gasteiger partial charge in [-0.2, -0.15) is 0 Å². The molecule has 2 fully saturated rings. The Morgan fingerprint density at radius 1 is 1.15 bits per heavy atom. The van der Waals surface area contributed by atoms with Crippen LogP contribution in [0.1, 0.15) is 23.0 Å². The van der Waals surface area contributed by atoms with Crippen LogP contribution in [0.5, 0.6) is 0 Å². The number of para-hydroxylation sites is 1. The molecule has 6 heteroatoms. The third-order valence-electron chi connectivity index (χ3n) is 5.88. The summed E-state index contributed by atoms with van der Waals surface area (Å²) in [5.41, 5.74) is 3.25. The lowest BCUT2D eigenvalue weighted by atomic mass is 10.0. The third-order valence-corrected chi connectivity index (χ3v) is 5.88. The maximum atomic E-state index is 13.0. The second-order valence-electron chi connectivity index (χ2n) is 7.53. The summed E-state index contributed by atoms with van der Waals surface area (Å²) in [4.78, 5) is 21.7. The van der Waals surface area contributed by atoms with Gasteiger partial charge in [0.1, 0.15) is 0 Å². The minimum Gasteiger partial charge on any atom is -0.371 e. The van der Waals surface area contributed by atoms with Gasteiger partial charge < -0.3 is 14.3 Å². The SMILES string of the molecule is CCc1noc2ncc(C(=O)N3CC4CN(c5ccccc5)CC4C3)cc12. The molecule has 0 N–H and O–H groups in total. The second-order valence-corrected chi connectivity index (χ2v) is 7.53. The van der Waals surface area contributed by atoms with Crippen LogP contribution in [0.3, 0.4) is 0 Å². The van der Waals surface area contributed by atoms with Crippen molar-refractivity contribution in [3.05, 3.63) is 53.9 Å². The Morgan fingerprint density at radius 2 is 1.89 bits per heavy atom. The van der Waals surface area contributed by atoms with Crippen LogP contribution in [0.15, 0.2) is 47.1 Å². The van der Waals surface area contributed by atoms with Crippen molar-refractivity contribution in [3.8, 4) is 0 Å². The molecule has 6 nitrogen and oxygen atoms in total. The van der Waals surface area contributed by atoms with Crippen LogP contribution in [-0.4, -0.2) is 47.1 Å². The van der Waals surface area contributed by atoms with Crippen LogP contribution in [0, 0.1) is 11.8 Å². The molecule has 0 spiro atoms. The molecule has 0 saturated carbocycles. The number of nitrogens with zero attached hydrogens (tertiary/aromatic N) is 4. The number of benzene rings is 1. The molecule has 5 rings (SSSR count). The van der Waals surface area contributed by atoms with Crippen molar-refractivity contribution in [3.63, 3.8) is 0 Å². The first kappa shape index (κ1) is 16.3. The fourth-order valence-corrected chi connectivity index (χ4v) is 4.44. The van der Waals surface area contributed by atoms with Gasteiger partial charge in [0, 0.05) is 49.9 Å². The molecule has 4 heterocycles. The molecule has 2 atom stereocenters. The average molecular weight is 362 g/mol. The number of rotatable bonds is 3. The van der Waals surface area contributed by atoms with E-state index in [0.717, 1.165) is 43.7 Å². The molecule has 0 aliphatic carbocycles. The zero-order valence-corrected chi connectivity index (χ0v) is 15.3.